The molecule has 0 aromatic carbocycles. The number of hydrogen-bond acceptors (Lipinski definition) is 5. The summed E-state index contributed by atoms with van der Waals surface area (Å²) in [6.07, 6.45) is -5.01. The molecule has 0 bridgehead atoms. The lowest BCUT2D eigenvalue weighted by Crippen LogP contribution is -2.19. The molecule has 1 heterocycles. The molecule has 21 heavy (non-hydrogen) atoms. The van der Waals surface area contributed by atoms with Gasteiger partial charge in [-0.25, -0.2) is 0 Å². The van der Waals surface area contributed by atoms with E-state index >= 15 is 0 Å². The summed E-state index contributed by atoms with van der Waals surface area (Å²) in [6.45, 7) is 1.85. The molecule has 0 saturated carbocycles. The van der Waals surface area contributed by atoms with E-state index in [1.807, 2.05) is 0 Å². The van der Waals surface area contributed by atoms with Crippen LogP contribution in [0.3, 0.4) is 0 Å². The van der Waals surface area contributed by atoms with Crippen molar-refractivity contribution in [2.24, 2.45) is 0 Å². The van der Waals surface area contributed by atoms with Crippen LogP contribution in [-0.2, 0) is 21.3 Å². The highest BCUT2D eigenvalue weighted by Gasteiger charge is 2.32. The summed E-state index contributed by atoms with van der Waals surface area (Å²) in [4.78, 5) is 15.1. The first-order valence-corrected chi connectivity index (χ1v) is 6.97. The SMILES string of the molecule is CCOC(=O)Cc1c(CBr)cc(OC(F)(F)F)nc1OC. The second-order valence-electron chi connectivity index (χ2n) is 3.77. The molecular formula is C12H13BrF3NO4. The van der Waals surface area contributed by atoms with Crippen LogP contribution in [0.15, 0.2) is 6.07 Å². The van der Waals surface area contributed by atoms with Gasteiger partial charge < -0.3 is 14.2 Å². The van der Waals surface area contributed by atoms with Gasteiger partial charge in [-0.2, -0.15) is 4.98 Å². The van der Waals surface area contributed by atoms with Crippen LogP contribution in [-0.4, -0.2) is 31.0 Å². The number of aromatic nitrogens is 1. The standard InChI is InChI=1S/C12H13BrF3NO4/c1-3-20-10(18)5-8-7(6-13)4-9(17-11(8)19-2)21-12(14,15)16/h4H,3,5-6H2,1-2H3. The summed E-state index contributed by atoms with van der Waals surface area (Å²) in [5, 5.41) is 0.203. The van der Waals surface area contributed by atoms with Crippen molar-refractivity contribution >= 4 is 21.9 Å². The second kappa shape index (κ2) is 7.48. The van der Waals surface area contributed by atoms with Gasteiger partial charge in [-0.05, 0) is 12.5 Å². The van der Waals surface area contributed by atoms with E-state index in [-0.39, 0.29) is 24.2 Å². The summed E-state index contributed by atoms with van der Waals surface area (Å²) in [6, 6.07) is 1.10. The number of ether oxygens (including phenoxy) is 3. The van der Waals surface area contributed by atoms with Crippen molar-refractivity contribution in [3.05, 3.63) is 17.2 Å². The zero-order valence-electron chi connectivity index (χ0n) is 11.3. The van der Waals surface area contributed by atoms with E-state index < -0.39 is 18.2 Å². The largest absolute Gasteiger partial charge is 0.574 e. The minimum absolute atomic E-state index is 0.112. The Hall–Kier alpha value is -1.51. The van der Waals surface area contributed by atoms with E-state index in [9.17, 15) is 18.0 Å². The highest BCUT2D eigenvalue weighted by molar-refractivity contribution is 9.08. The van der Waals surface area contributed by atoms with Crippen molar-refractivity contribution in [2.75, 3.05) is 13.7 Å². The third kappa shape index (κ3) is 5.41. The minimum Gasteiger partial charge on any atom is -0.481 e. The van der Waals surface area contributed by atoms with Crippen LogP contribution in [0.2, 0.25) is 0 Å². The van der Waals surface area contributed by atoms with Crippen LogP contribution in [0, 0.1) is 0 Å². The summed E-state index contributed by atoms with van der Waals surface area (Å²) in [5.74, 6) is -1.29. The maximum Gasteiger partial charge on any atom is 0.574 e. The van der Waals surface area contributed by atoms with E-state index in [0.29, 0.717) is 11.1 Å². The maximum atomic E-state index is 12.2. The first-order chi connectivity index (χ1) is 9.80. The van der Waals surface area contributed by atoms with Gasteiger partial charge >= 0.3 is 12.3 Å². The van der Waals surface area contributed by atoms with Crippen molar-refractivity contribution in [3.8, 4) is 11.8 Å². The molecule has 0 unspecified atom stereocenters. The van der Waals surface area contributed by atoms with E-state index in [2.05, 4.69) is 25.7 Å². The monoisotopic (exact) mass is 371 g/mol. The molecule has 0 radical (unpaired) electrons. The number of rotatable bonds is 6. The van der Waals surface area contributed by atoms with Crippen molar-refractivity contribution < 1.29 is 32.2 Å². The van der Waals surface area contributed by atoms with Crippen LogP contribution in [0.1, 0.15) is 18.1 Å². The number of pyridine rings is 1. The quantitative estimate of drug-likeness (QED) is 0.568. The fraction of sp³-hybridized carbons (Fsp3) is 0.500. The summed E-state index contributed by atoms with van der Waals surface area (Å²) in [5.41, 5.74) is 0.747. The number of carbonyl (C=O) groups excluding carboxylic acids is 1. The lowest BCUT2D eigenvalue weighted by atomic mass is 10.1. The molecule has 118 valence electrons. The van der Waals surface area contributed by atoms with Gasteiger partial charge in [0.15, 0.2) is 0 Å². The Bertz CT molecular complexity index is 483. The smallest absolute Gasteiger partial charge is 0.481 e. The number of halogens is 4. The Labute approximate surface area is 127 Å². The van der Waals surface area contributed by atoms with Gasteiger partial charge in [-0.3, -0.25) is 4.79 Å². The Balaban J connectivity index is 3.15. The van der Waals surface area contributed by atoms with E-state index in [1.165, 1.54) is 7.11 Å². The molecule has 0 fully saturated rings. The van der Waals surface area contributed by atoms with Crippen LogP contribution in [0.25, 0.3) is 0 Å². The summed E-state index contributed by atoms with van der Waals surface area (Å²) >= 11 is 3.14. The predicted molar refractivity (Wildman–Crippen MR) is 70.4 cm³/mol. The first kappa shape index (κ1) is 17.5. The molecule has 0 amide bonds. The van der Waals surface area contributed by atoms with Gasteiger partial charge in [0.25, 0.3) is 0 Å². The average molecular weight is 372 g/mol. The number of hydrogen-bond donors (Lipinski definition) is 0. The van der Waals surface area contributed by atoms with Gasteiger partial charge in [0.1, 0.15) is 0 Å². The topological polar surface area (TPSA) is 57.7 Å². The van der Waals surface area contributed by atoms with Crippen LogP contribution < -0.4 is 9.47 Å². The number of carbonyl (C=O) groups is 1. The van der Waals surface area contributed by atoms with E-state index in [1.54, 1.807) is 6.92 Å². The zero-order valence-corrected chi connectivity index (χ0v) is 12.9. The molecule has 0 atom stereocenters. The Kier molecular flexibility index (Phi) is 6.25. The van der Waals surface area contributed by atoms with Gasteiger partial charge in [0, 0.05) is 17.0 Å². The zero-order chi connectivity index (χ0) is 16.0. The van der Waals surface area contributed by atoms with Crippen molar-refractivity contribution in [2.45, 2.75) is 25.0 Å². The number of alkyl halides is 4. The molecule has 0 aliphatic carbocycles. The molecule has 0 aliphatic rings. The first-order valence-electron chi connectivity index (χ1n) is 5.84. The van der Waals surface area contributed by atoms with Crippen molar-refractivity contribution in [1.82, 2.24) is 4.98 Å². The molecule has 0 spiro atoms. The van der Waals surface area contributed by atoms with Crippen molar-refractivity contribution in [1.29, 1.82) is 0 Å². The maximum absolute atomic E-state index is 12.2. The molecular weight excluding hydrogens is 359 g/mol. The molecule has 1 aromatic heterocycles. The lowest BCUT2D eigenvalue weighted by molar-refractivity contribution is -0.276. The second-order valence-corrected chi connectivity index (χ2v) is 4.33. The molecule has 5 nitrogen and oxygen atoms in total. The van der Waals surface area contributed by atoms with Crippen LogP contribution in [0.5, 0.6) is 11.8 Å². The molecule has 1 aromatic rings. The van der Waals surface area contributed by atoms with E-state index in [0.717, 1.165) is 6.07 Å². The molecule has 0 N–H and O–H groups in total. The van der Waals surface area contributed by atoms with Crippen LogP contribution >= 0.6 is 15.9 Å². The number of esters is 1. The van der Waals surface area contributed by atoms with E-state index in [4.69, 9.17) is 9.47 Å². The fourth-order valence-corrected chi connectivity index (χ4v) is 2.08. The normalized spacial score (nSPS) is 11.1. The van der Waals surface area contributed by atoms with Gasteiger partial charge in [0.05, 0.1) is 20.1 Å². The highest BCUT2D eigenvalue weighted by atomic mass is 79.9. The number of methoxy groups -OCH3 is 1. The summed E-state index contributed by atoms with van der Waals surface area (Å²) in [7, 11) is 1.24. The van der Waals surface area contributed by atoms with Gasteiger partial charge in [-0.15, -0.1) is 13.2 Å². The third-order valence-corrected chi connectivity index (χ3v) is 2.94. The fourth-order valence-electron chi connectivity index (χ4n) is 1.58. The Morgan fingerprint density at radius 2 is 2.10 bits per heavy atom. The molecule has 1 rings (SSSR count). The highest BCUT2D eigenvalue weighted by Crippen LogP contribution is 2.30. The Morgan fingerprint density at radius 1 is 1.43 bits per heavy atom. The van der Waals surface area contributed by atoms with Gasteiger partial charge in [-0.1, -0.05) is 15.9 Å². The minimum atomic E-state index is -4.86. The molecule has 9 heteroatoms. The summed E-state index contributed by atoms with van der Waals surface area (Å²) < 4.78 is 50.2. The predicted octanol–water partition coefficient (Wildman–Crippen LogP) is 2.99. The molecule has 0 aliphatic heterocycles. The third-order valence-electron chi connectivity index (χ3n) is 2.34. The lowest BCUT2D eigenvalue weighted by Gasteiger charge is -2.14. The number of nitrogens with zero attached hydrogens (tertiary/aromatic N) is 1. The van der Waals surface area contributed by atoms with Gasteiger partial charge in [0.2, 0.25) is 11.8 Å². The van der Waals surface area contributed by atoms with Crippen LogP contribution in [0.4, 0.5) is 13.2 Å². The molecule has 0 saturated heterocycles. The Morgan fingerprint density at radius 3 is 2.57 bits per heavy atom. The van der Waals surface area contributed by atoms with Crippen molar-refractivity contribution in [3.63, 3.8) is 0 Å². The average Bonchev–Trinajstić information content (AvgIpc) is 2.38.